The first-order valence-corrected chi connectivity index (χ1v) is 14.5. The van der Waals surface area contributed by atoms with Gasteiger partial charge in [-0.15, -0.1) is 0 Å². The highest BCUT2D eigenvalue weighted by molar-refractivity contribution is 7.92. The third kappa shape index (κ3) is 7.30. The minimum absolute atomic E-state index is 0.0157. The van der Waals surface area contributed by atoms with E-state index in [9.17, 15) is 8.42 Å². The van der Waals surface area contributed by atoms with Crippen LogP contribution in [0, 0.1) is 0 Å². The van der Waals surface area contributed by atoms with Gasteiger partial charge in [-0.05, 0) is 59.3 Å². The predicted octanol–water partition coefficient (Wildman–Crippen LogP) is 5.16. The molecule has 3 aromatic rings. The first-order valence-electron chi connectivity index (χ1n) is 11.6. The predicted molar refractivity (Wildman–Crippen MR) is 138 cm³/mol. The average molecular weight is 501 g/mol. The molecule has 182 valence electrons. The van der Waals surface area contributed by atoms with Gasteiger partial charge in [0.1, 0.15) is 11.9 Å². The van der Waals surface area contributed by atoms with Crippen LogP contribution < -0.4 is 9.46 Å². The molecule has 8 heteroatoms. The molecule has 1 atom stereocenters. The van der Waals surface area contributed by atoms with Gasteiger partial charge < -0.3 is 14.4 Å². The second-order valence-corrected chi connectivity index (χ2v) is 11.1. The molecule has 1 aliphatic rings. The van der Waals surface area contributed by atoms with E-state index in [-0.39, 0.29) is 12.2 Å². The van der Waals surface area contributed by atoms with Crippen LogP contribution >= 0.6 is 11.3 Å². The van der Waals surface area contributed by atoms with Gasteiger partial charge in [0, 0.05) is 19.6 Å². The number of anilines is 1. The van der Waals surface area contributed by atoms with Crippen molar-refractivity contribution < 1.29 is 17.9 Å². The summed E-state index contributed by atoms with van der Waals surface area (Å²) in [4.78, 5) is 2.45. The van der Waals surface area contributed by atoms with E-state index >= 15 is 0 Å². The van der Waals surface area contributed by atoms with E-state index in [0.717, 1.165) is 45.2 Å². The van der Waals surface area contributed by atoms with E-state index in [1.807, 2.05) is 12.1 Å². The lowest BCUT2D eigenvalue weighted by molar-refractivity contribution is -0.0272. The Morgan fingerprint density at radius 1 is 1.03 bits per heavy atom. The van der Waals surface area contributed by atoms with Crippen molar-refractivity contribution in [1.29, 1.82) is 0 Å². The summed E-state index contributed by atoms with van der Waals surface area (Å²) in [7, 11) is -3.34. The Bertz CT molecular complexity index is 1110. The lowest BCUT2D eigenvalue weighted by atomic mass is 10.0. The van der Waals surface area contributed by atoms with Gasteiger partial charge in [0.15, 0.2) is 0 Å². The lowest BCUT2D eigenvalue weighted by Gasteiger charge is -2.34. The minimum Gasteiger partial charge on any atom is -0.491 e. The molecule has 1 aliphatic heterocycles. The number of hydrogen-bond acceptors (Lipinski definition) is 6. The van der Waals surface area contributed by atoms with Crippen molar-refractivity contribution in [3.63, 3.8) is 0 Å². The zero-order valence-corrected chi connectivity index (χ0v) is 21.1. The van der Waals surface area contributed by atoms with Crippen molar-refractivity contribution in [2.24, 2.45) is 0 Å². The second-order valence-electron chi connectivity index (χ2n) is 8.60. The summed E-state index contributed by atoms with van der Waals surface area (Å²) in [5, 5.41) is 4.28. The molecule has 0 radical (unpaired) electrons. The van der Waals surface area contributed by atoms with Crippen LogP contribution in [0.3, 0.4) is 0 Å². The molecular weight excluding hydrogens is 468 g/mol. The van der Waals surface area contributed by atoms with Gasteiger partial charge in [-0.1, -0.05) is 42.5 Å². The van der Waals surface area contributed by atoms with E-state index in [1.54, 1.807) is 29.5 Å². The van der Waals surface area contributed by atoms with Crippen molar-refractivity contribution >= 4 is 27.0 Å². The molecule has 2 aromatic carbocycles. The van der Waals surface area contributed by atoms with Crippen LogP contribution in [0.1, 0.15) is 36.5 Å². The molecule has 6 nitrogen and oxygen atoms in total. The normalized spacial score (nSPS) is 16.3. The highest BCUT2D eigenvalue weighted by Gasteiger charge is 2.24. The number of nitrogens with zero attached hydrogens (tertiary/aromatic N) is 1. The number of hydrogen-bond donors (Lipinski definition) is 1. The molecule has 1 N–H and O–H groups in total. The Morgan fingerprint density at radius 2 is 1.76 bits per heavy atom. The fraction of sp³-hybridized carbons (Fsp3) is 0.385. The summed E-state index contributed by atoms with van der Waals surface area (Å²) < 4.78 is 38.1. The van der Waals surface area contributed by atoms with Crippen LogP contribution in [0.25, 0.3) is 0 Å². The van der Waals surface area contributed by atoms with Gasteiger partial charge in [-0.25, -0.2) is 8.42 Å². The fourth-order valence-electron chi connectivity index (χ4n) is 4.21. The maximum atomic E-state index is 11.5. The molecule has 0 amide bonds. The zero-order chi connectivity index (χ0) is 23.8. The standard InChI is InChI=1S/C26H32N2O4S2/c1-34(29,30)27-24-10-5-6-11-25(24)31-18-7-15-28-16-12-23(13-17-28)32-26(22-14-19-33-20-22)21-8-3-2-4-9-21/h2-6,8-11,14,19-20,23,26-27H,7,12-13,15-18H2,1H3. The van der Waals surface area contributed by atoms with Crippen LogP contribution in [0.2, 0.25) is 0 Å². The number of likely N-dealkylation sites (tertiary alicyclic amines) is 1. The molecule has 1 aromatic heterocycles. The molecule has 0 spiro atoms. The number of para-hydroxylation sites is 2. The van der Waals surface area contributed by atoms with Crippen molar-refractivity contribution in [3.05, 3.63) is 82.6 Å². The molecule has 0 aliphatic carbocycles. The zero-order valence-electron chi connectivity index (χ0n) is 19.4. The van der Waals surface area contributed by atoms with Crippen molar-refractivity contribution in [3.8, 4) is 5.75 Å². The SMILES string of the molecule is CS(=O)(=O)Nc1ccccc1OCCCN1CCC(OC(c2ccccc2)c2ccsc2)CC1. The summed E-state index contributed by atoms with van der Waals surface area (Å²) in [5.41, 5.74) is 2.90. The minimum atomic E-state index is -3.34. The number of thiophene rings is 1. The third-order valence-electron chi connectivity index (χ3n) is 5.87. The molecule has 4 rings (SSSR count). The Morgan fingerprint density at radius 3 is 2.47 bits per heavy atom. The van der Waals surface area contributed by atoms with Crippen LogP contribution in [-0.4, -0.2) is 51.9 Å². The molecule has 2 heterocycles. The Hall–Kier alpha value is -2.39. The maximum Gasteiger partial charge on any atom is 0.229 e. The monoisotopic (exact) mass is 500 g/mol. The van der Waals surface area contributed by atoms with Crippen LogP contribution in [0.4, 0.5) is 5.69 Å². The first kappa shape index (κ1) is 24.7. The van der Waals surface area contributed by atoms with Crippen LogP contribution in [-0.2, 0) is 14.8 Å². The van der Waals surface area contributed by atoms with Gasteiger partial charge in [-0.2, -0.15) is 11.3 Å². The van der Waals surface area contributed by atoms with Gasteiger partial charge in [0.25, 0.3) is 0 Å². The Balaban J connectivity index is 1.22. The Labute approximate surface area is 206 Å². The van der Waals surface area contributed by atoms with Gasteiger partial charge >= 0.3 is 0 Å². The van der Waals surface area contributed by atoms with Crippen molar-refractivity contribution in [1.82, 2.24) is 4.90 Å². The second kappa shape index (κ2) is 11.8. The highest BCUT2D eigenvalue weighted by atomic mass is 32.2. The highest BCUT2D eigenvalue weighted by Crippen LogP contribution is 2.31. The number of rotatable bonds is 11. The van der Waals surface area contributed by atoms with Crippen molar-refractivity contribution in [2.75, 3.05) is 37.2 Å². The largest absolute Gasteiger partial charge is 0.491 e. The van der Waals surface area contributed by atoms with E-state index in [4.69, 9.17) is 9.47 Å². The topological polar surface area (TPSA) is 67.9 Å². The van der Waals surface area contributed by atoms with E-state index < -0.39 is 10.0 Å². The van der Waals surface area contributed by atoms with E-state index in [2.05, 4.69) is 50.7 Å². The van der Waals surface area contributed by atoms with E-state index in [1.165, 1.54) is 11.1 Å². The number of sulfonamides is 1. The summed E-state index contributed by atoms with van der Waals surface area (Å²) >= 11 is 1.70. The summed E-state index contributed by atoms with van der Waals surface area (Å²) in [5.74, 6) is 0.556. The average Bonchev–Trinajstić information content (AvgIpc) is 3.36. The summed E-state index contributed by atoms with van der Waals surface area (Å²) in [6.07, 6.45) is 4.26. The summed E-state index contributed by atoms with van der Waals surface area (Å²) in [6, 6.07) is 19.7. The summed E-state index contributed by atoms with van der Waals surface area (Å²) in [6.45, 7) is 3.48. The van der Waals surface area contributed by atoms with E-state index in [0.29, 0.717) is 18.0 Å². The smallest absolute Gasteiger partial charge is 0.229 e. The molecular formula is C26H32N2O4S2. The van der Waals surface area contributed by atoms with Gasteiger partial charge in [0.2, 0.25) is 10.0 Å². The van der Waals surface area contributed by atoms with Gasteiger partial charge in [-0.3, -0.25) is 4.72 Å². The molecule has 1 saturated heterocycles. The Kier molecular flexibility index (Phi) is 8.61. The maximum absolute atomic E-state index is 11.5. The lowest BCUT2D eigenvalue weighted by Crippen LogP contribution is -2.38. The van der Waals surface area contributed by atoms with Crippen LogP contribution in [0.5, 0.6) is 5.75 Å². The molecule has 1 fully saturated rings. The third-order valence-corrected chi connectivity index (χ3v) is 7.16. The molecule has 0 bridgehead atoms. The number of piperidine rings is 1. The fourth-order valence-corrected chi connectivity index (χ4v) is 5.45. The molecule has 1 unspecified atom stereocenters. The number of nitrogens with one attached hydrogen (secondary N) is 1. The quantitative estimate of drug-likeness (QED) is 0.369. The van der Waals surface area contributed by atoms with Crippen molar-refractivity contribution in [2.45, 2.75) is 31.5 Å². The van der Waals surface area contributed by atoms with Crippen LogP contribution in [0.15, 0.2) is 71.4 Å². The molecule has 0 saturated carbocycles. The number of ether oxygens (including phenoxy) is 2. The molecule has 34 heavy (non-hydrogen) atoms. The number of benzene rings is 2. The van der Waals surface area contributed by atoms with Gasteiger partial charge in [0.05, 0.1) is 24.7 Å². The first-order chi connectivity index (χ1) is 16.5.